The molecule has 280 valence electrons. The van der Waals surface area contributed by atoms with E-state index >= 15 is 0 Å². The number of carbonyl (C=O) groups excluding carboxylic acids is 2. The van der Waals surface area contributed by atoms with Crippen LogP contribution in [0.25, 0.3) is 12.2 Å². The van der Waals surface area contributed by atoms with Gasteiger partial charge >= 0.3 is 17.9 Å². The lowest BCUT2D eigenvalue weighted by Crippen LogP contribution is -2.59. The number of hydrogen-bond donors (Lipinski definition) is 5. The van der Waals surface area contributed by atoms with Gasteiger partial charge in [-0.05, 0) is 146 Å². The number of phenols is 4. The number of aliphatic carboxylic acids is 1. The molecule has 10 heteroatoms. The van der Waals surface area contributed by atoms with E-state index in [1.165, 1.54) is 36.4 Å². The first-order valence-corrected chi connectivity index (χ1v) is 18.7. The van der Waals surface area contributed by atoms with Gasteiger partial charge in [-0.2, -0.15) is 0 Å². The van der Waals surface area contributed by atoms with E-state index in [0.717, 1.165) is 51.4 Å². The second-order valence-electron chi connectivity index (χ2n) is 16.3. The molecule has 10 nitrogen and oxygen atoms in total. The number of phenolic OH excluding ortho intramolecular Hbond substituents is 4. The molecule has 0 aromatic heterocycles. The van der Waals surface area contributed by atoms with Gasteiger partial charge in [-0.15, -0.1) is 0 Å². The number of carboxylic acids is 1. The Morgan fingerprint density at radius 2 is 1.40 bits per heavy atom. The number of carboxylic acid groups (broad SMARTS) is 1. The lowest BCUT2D eigenvalue weighted by molar-refractivity contribution is -0.196. The van der Waals surface area contributed by atoms with E-state index in [2.05, 4.69) is 20.8 Å². The van der Waals surface area contributed by atoms with E-state index in [-0.39, 0.29) is 64.3 Å². The fourth-order valence-corrected chi connectivity index (χ4v) is 11.0. The summed E-state index contributed by atoms with van der Waals surface area (Å²) in [7, 11) is 0. The third kappa shape index (κ3) is 7.39. The Kier molecular flexibility index (Phi) is 10.7. The van der Waals surface area contributed by atoms with Crippen molar-refractivity contribution in [2.75, 3.05) is 0 Å². The van der Waals surface area contributed by atoms with Gasteiger partial charge in [-0.1, -0.05) is 32.9 Å². The molecule has 0 amide bonds. The average Bonchev–Trinajstić information content (AvgIpc) is 3.47. The van der Waals surface area contributed by atoms with Gasteiger partial charge in [0.15, 0.2) is 23.0 Å². The summed E-state index contributed by atoms with van der Waals surface area (Å²) in [5, 5.41) is 48.4. The van der Waals surface area contributed by atoms with Crippen LogP contribution in [0.3, 0.4) is 0 Å². The molecule has 2 aromatic carbocycles. The van der Waals surface area contributed by atoms with Gasteiger partial charge in [0.1, 0.15) is 12.2 Å². The molecule has 4 aliphatic rings. The number of hydrogen-bond acceptors (Lipinski definition) is 9. The minimum Gasteiger partial charge on any atom is -0.504 e. The maximum Gasteiger partial charge on any atom is 0.331 e. The molecule has 5 N–H and O–H groups in total. The lowest BCUT2D eigenvalue weighted by Gasteiger charge is -2.62. The maximum atomic E-state index is 13.5. The van der Waals surface area contributed by atoms with Crippen molar-refractivity contribution in [2.45, 2.75) is 97.2 Å². The van der Waals surface area contributed by atoms with Crippen LogP contribution in [0.15, 0.2) is 48.6 Å². The van der Waals surface area contributed by atoms with Gasteiger partial charge in [-0.25, -0.2) is 9.59 Å². The summed E-state index contributed by atoms with van der Waals surface area (Å²) in [6, 6.07) is 8.70. The van der Waals surface area contributed by atoms with E-state index in [1.807, 2.05) is 0 Å². The molecule has 2 aromatic rings. The molecule has 0 heterocycles. The molecule has 0 bridgehead atoms. The van der Waals surface area contributed by atoms with Crippen LogP contribution in [0, 0.1) is 46.3 Å². The second-order valence-corrected chi connectivity index (χ2v) is 16.3. The number of fused-ring (bicyclic) bond motifs is 5. The van der Waals surface area contributed by atoms with Gasteiger partial charge in [-0.3, -0.25) is 4.79 Å². The predicted molar refractivity (Wildman–Crippen MR) is 194 cm³/mol. The summed E-state index contributed by atoms with van der Waals surface area (Å²) in [5.41, 5.74) is 0.790. The van der Waals surface area contributed by atoms with Crippen LogP contribution in [0.1, 0.15) is 96.1 Å². The first kappa shape index (κ1) is 37.3. The van der Waals surface area contributed by atoms with Crippen molar-refractivity contribution in [3.8, 4) is 23.0 Å². The van der Waals surface area contributed by atoms with Crippen molar-refractivity contribution < 1.29 is 49.4 Å². The molecule has 6 unspecified atom stereocenters. The third-order valence-corrected chi connectivity index (χ3v) is 13.6. The summed E-state index contributed by atoms with van der Waals surface area (Å²) in [4.78, 5) is 37.9. The molecular formula is C42H52O10. The highest BCUT2D eigenvalue weighted by atomic mass is 16.5. The van der Waals surface area contributed by atoms with E-state index in [9.17, 15) is 39.9 Å². The Hall–Kier alpha value is -4.47. The van der Waals surface area contributed by atoms with E-state index in [4.69, 9.17) is 9.47 Å². The Morgan fingerprint density at radius 3 is 2.00 bits per heavy atom. The van der Waals surface area contributed by atoms with Gasteiger partial charge in [0, 0.05) is 24.0 Å². The van der Waals surface area contributed by atoms with Crippen LogP contribution >= 0.6 is 0 Å². The third-order valence-electron chi connectivity index (χ3n) is 13.6. The van der Waals surface area contributed by atoms with Crippen molar-refractivity contribution in [1.29, 1.82) is 0 Å². The lowest BCUT2D eigenvalue weighted by atomic mass is 9.43. The fourth-order valence-electron chi connectivity index (χ4n) is 11.0. The predicted octanol–water partition coefficient (Wildman–Crippen LogP) is 7.83. The monoisotopic (exact) mass is 716 g/mol. The van der Waals surface area contributed by atoms with Crippen molar-refractivity contribution >= 4 is 30.1 Å². The zero-order valence-electron chi connectivity index (χ0n) is 30.2. The van der Waals surface area contributed by atoms with Crippen LogP contribution in [0.5, 0.6) is 23.0 Å². The molecule has 10 atom stereocenters. The zero-order valence-corrected chi connectivity index (χ0v) is 30.2. The van der Waals surface area contributed by atoms with Crippen LogP contribution in [0.2, 0.25) is 0 Å². The topological polar surface area (TPSA) is 171 Å². The van der Waals surface area contributed by atoms with Crippen LogP contribution in [0.4, 0.5) is 0 Å². The first-order valence-electron chi connectivity index (χ1n) is 18.7. The molecule has 4 aliphatic carbocycles. The van der Waals surface area contributed by atoms with E-state index in [1.54, 1.807) is 24.3 Å². The first-order chi connectivity index (χ1) is 24.7. The molecule has 0 aliphatic heterocycles. The van der Waals surface area contributed by atoms with Crippen LogP contribution in [-0.4, -0.2) is 55.6 Å². The Bertz CT molecular complexity index is 1730. The standard InChI is InChI=1S/C42H52O10/c1-24(4-15-38(47)48)30-11-12-31-29-10-9-27-22-28(51-39(49)16-7-25-5-13-33(43)35(45)20-25)18-19-41(27,2)32(29)23-37(42(30,31)3)52-40(50)17-8-26-6-14-34(44)36(46)21-26/h5-8,13-14,16-17,20-21,24,27-32,37,43-46H,4,9-12,15,18-19,22-23H2,1-3H3,(H,47,48)/b16-7+,17-8+/t24?,27?,28-,29?,30?,31?,32?,37+,41+,42-/m1/s1. The molecule has 0 spiro atoms. The number of benzene rings is 2. The highest BCUT2D eigenvalue weighted by Crippen LogP contribution is 2.69. The summed E-state index contributed by atoms with van der Waals surface area (Å²) in [6.45, 7) is 6.80. The molecule has 0 saturated heterocycles. The maximum absolute atomic E-state index is 13.5. The van der Waals surface area contributed by atoms with Crippen molar-refractivity contribution in [3.63, 3.8) is 0 Å². The summed E-state index contributed by atoms with van der Waals surface area (Å²) >= 11 is 0. The number of rotatable bonds is 10. The van der Waals surface area contributed by atoms with Gasteiger partial charge in [0.05, 0.1) is 0 Å². The van der Waals surface area contributed by atoms with Crippen molar-refractivity contribution in [1.82, 2.24) is 0 Å². The highest BCUT2D eigenvalue weighted by Gasteiger charge is 2.65. The Balaban J connectivity index is 1.19. The molecule has 52 heavy (non-hydrogen) atoms. The van der Waals surface area contributed by atoms with Gasteiger partial charge in [0.2, 0.25) is 0 Å². The molecule has 0 radical (unpaired) electrons. The minimum absolute atomic E-state index is 0.0242. The smallest absolute Gasteiger partial charge is 0.331 e. The van der Waals surface area contributed by atoms with Crippen molar-refractivity contribution in [2.24, 2.45) is 46.3 Å². The molecule has 4 fully saturated rings. The van der Waals surface area contributed by atoms with Gasteiger partial charge < -0.3 is 35.0 Å². The minimum atomic E-state index is -0.801. The molecular weight excluding hydrogens is 664 g/mol. The number of esters is 2. The number of aromatic hydroxyl groups is 4. The van der Waals surface area contributed by atoms with Crippen LogP contribution < -0.4 is 0 Å². The van der Waals surface area contributed by atoms with Gasteiger partial charge in [0.25, 0.3) is 0 Å². The molecule has 6 rings (SSSR count). The quantitative estimate of drug-likeness (QED) is 0.0927. The number of carbonyl (C=O) groups is 3. The SMILES string of the molecule is CC(CCC(=O)O)C1CCC2C3CCC4C[C@H](OC(=O)/C=C/c5ccc(O)c(O)c5)CC[C@]4(C)C3C[C@H](OC(=O)/C=C/c3ccc(O)c(O)c3)[C@]12C. The largest absolute Gasteiger partial charge is 0.504 e. The van der Waals surface area contributed by atoms with Crippen molar-refractivity contribution in [3.05, 3.63) is 59.7 Å². The average molecular weight is 717 g/mol. The summed E-state index contributed by atoms with van der Waals surface area (Å²) in [5.74, 6) is -0.903. The normalized spacial score (nSPS) is 33.2. The number of ether oxygens (including phenoxy) is 2. The van der Waals surface area contributed by atoms with E-state index in [0.29, 0.717) is 41.2 Å². The Morgan fingerprint density at radius 1 is 0.788 bits per heavy atom. The summed E-state index contributed by atoms with van der Waals surface area (Å²) < 4.78 is 12.4. The second kappa shape index (κ2) is 14.9. The summed E-state index contributed by atoms with van der Waals surface area (Å²) in [6.07, 6.45) is 13.1. The van der Waals surface area contributed by atoms with Crippen LogP contribution in [-0.2, 0) is 23.9 Å². The Labute approximate surface area is 305 Å². The highest BCUT2D eigenvalue weighted by molar-refractivity contribution is 5.88. The zero-order chi connectivity index (χ0) is 37.4. The molecule has 4 saturated carbocycles. The van der Waals surface area contributed by atoms with E-state index < -0.39 is 17.9 Å². The fraction of sp³-hybridized carbons (Fsp3) is 0.548.